The second-order valence-electron chi connectivity index (χ2n) is 10.3. The van der Waals surface area contributed by atoms with Gasteiger partial charge in [-0.25, -0.2) is 22.0 Å². The van der Waals surface area contributed by atoms with Crippen LogP contribution in [0, 0.1) is 52.8 Å². The maximum atomic E-state index is 14.8. The Hall–Kier alpha value is -0.0801. The minimum atomic E-state index is -2.17. The highest BCUT2D eigenvalue weighted by atomic mass is 27.2. The summed E-state index contributed by atoms with van der Waals surface area (Å²) in [5, 5.41) is 2.87. The van der Waals surface area contributed by atoms with Crippen LogP contribution in [-0.4, -0.2) is 36.1 Å². The van der Waals surface area contributed by atoms with Crippen molar-refractivity contribution in [2.45, 2.75) is 76.5 Å². The Labute approximate surface area is 199 Å². The van der Waals surface area contributed by atoms with Crippen LogP contribution in [0.3, 0.4) is 0 Å². The number of hydrogen-bond donors (Lipinski definition) is 0. The summed E-state index contributed by atoms with van der Waals surface area (Å²) >= 11 is -4.13. The summed E-state index contributed by atoms with van der Waals surface area (Å²) in [6.45, 7) is 16.2. The van der Waals surface area contributed by atoms with Crippen LogP contribution < -0.4 is 5.46 Å². The van der Waals surface area contributed by atoms with Gasteiger partial charge in [0.15, 0.2) is 29.1 Å². The number of benzene rings is 1. The Kier molecular flexibility index (Phi) is 12.8. The molecule has 0 bridgehead atoms. The normalized spacial score (nSPS) is 11.9. The molecule has 0 radical (unpaired) electrons. The first-order chi connectivity index (χ1) is 14.7. The summed E-state index contributed by atoms with van der Waals surface area (Å²) < 4.78 is 83.6. The van der Waals surface area contributed by atoms with Gasteiger partial charge >= 0.3 is 36.1 Å². The second kappa shape index (κ2) is 13.7. The van der Waals surface area contributed by atoms with Crippen molar-refractivity contribution in [3.8, 4) is 0 Å². The molecule has 0 atom stereocenters. The van der Waals surface area contributed by atoms with Gasteiger partial charge in [0.25, 0.3) is 0 Å². The molecule has 10 heteroatoms. The summed E-state index contributed by atoms with van der Waals surface area (Å²) in [5.41, 5.74) is -0.989. The lowest BCUT2D eigenvalue weighted by Gasteiger charge is -2.28. The topological polar surface area (TPSA) is 18.5 Å². The first kappa shape index (κ1) is 30.0. The molecule has 0 unspecified atom stereocenters. The van der Waals surface area contributed by atoms with Gasteiger partial charge in [0.05, 0.1) is 5.46 Å². The molecular weight excluding hydrogens is 456 g/mol. The van der Waals surface area contributed by atoms with Gasteiger partial charge in [0, 0.05) is 0 Å². The highest BCUT2D eigenvalue weighted by Crippen LogP contribution is 2.23. The standard InChI is InChI=1S/C6BF5O2.4C4H9.2Al/c8-2-1(7(13)14)3(9)5(11)6(12)4(2)10;4*1-4(2)3;;/h;4*4H,1H2,2-3H3;;/q-2;;;;;2*+1. The number of halogens is 5. The molecule has 180 valence electrons. The molecule has 0 fully saturated rings. The number of rotatable bonds is 13. The van der Waals surface area contributed by atoms with Crippen LogP contribution in [0.2, 0.25) is 21.1 Å². The van der Waals surface area contributed by atoms with Gasteiger partial charge in [-0.2, -0.15) is 0 Å². The van der Waals surface area contributed by atoms with E-state index in [2.05, 4.69) is 0 Å². The predicted octanol–water partition coefficient (Wildman–Crippen LogP) is 6.72. The summed E-state index contributed by atoms with van der Waals surface area (Å²) in [6.07, 6.45) is 0. The van der Waals surface area contributed by atoms with Crippen molar-refractivity contribution in [2.24, 2.45) is 23.7 Å². The maximum Gasteiger partial charge on any atom is 0.447 e. The molecule has 1 aromatic rings. The third-order valence-electron chi connectivity index (χ3n) is 5.05. The molecule has 0 saturated carbocycles. The Bertz CT molecular complexity index is 660. The lowest BCUT2D eigenvalue weighted by Crippen LogP contribution is -2.50. The lowest BCUT2D eigenvalue weighted by molar-refractivity contribution is 0.374. The summed E-state index contributed by atoms with van der Waals surface area (Å²) in [4.78, 5) is 0. The molecule has 1 rings (SSSR count). The first-order valence-corrected chi connectivity index (χ1v) is 15.8. The van der Waals surface area contributed by atoms with E-state index in [1.165, 1.54) is 0 Å². The fourth-order valence-corrected chi connectivity index (χ4v) is 10.1. The molecule has 0 N–H and O–H groups in total. The van der Waals surface area contributed by atoms with Crippen molar-refractivity contribution in [2.75, 3.05) is 0 Å². The SMILES string of the molecule is CC(C)[CH2][Al]([CH2]C(C)C)[O]B([O][Al]([CH2]C(C)C)[CH2]C(C)C)c1c(F)c(F)c(F)c(F)c1F. The van der Waals surface area contributed by atoms with Gasteiger partial charge in [0.1, 0.15) is 0 Å². The Morgan fingerprint density at radius 1 is 0.531 bits per heavy atom. The highest BCUT2D eigenvalue weighted by Gasteiger charge is 2.41. The molecule has 0 aliphatic rings. The molecule has 0 aliphatic heterocycles. The van der Waals surface area contributed by atoms with Crippen molar-refractivity contribution in [1.29, 1.82) is 0 Å². The van der Waals surface area contributed by atoms with Gasteiger partial charge in [-0.3, -0.25) is 0 Å². The molecule has 0 spiro atoms. The first-order valence-electron chi connectivity index (χ1n) is 11.6. The average Bonchev–Trinajstić information content (AvgIpc) is 2.62. The zero-order valence-corrected chi connectivity index (χ0v) is 22.9. The Morgan fingerprint density at radius 3 is 1.03 bits per heavy atom. The summed E-state index contributed by atoms with van der Waals surface area (Å²) in [5.74, 6) is -8.71. The van der Waals surface area contributed by atoms with E-state index in [9.17, 15) is 22.0 Å². The number of hydrogen-bond acceptors (Lipinski definition) is 2. The van der Waals surface area contributed by atoms with E-state index in [0.29, 0.717) is 21.1 Å². The minimum absolute atomic E-state index is 0.279. The quantitative estimate of drug-likeness (QED) is 0.132. The minimum Gasteiger partial charge on any atom is -0.541 e. The van der Waals surface area contributed by atoms with E-state index < -0.39 is 70.6 Å². The molecule has 0 saturated heterocycles. The summed E-state index contributed by atoms with van der Waals surface area (Å²) in [6, 6.07) is 0. The molecule has 2 nitrogen and oxygen atoms in total. The van der Waals surface area contributed by atoms with Crippen molar-refractivity contribution >= 4 is 41.5 Å². The van der Waals surface area contributed by atoms with E-state index in [4.69, 9.17) is 7.41 Å². The monoisotopic (exact) mass is 492 g/mol. The van der Waals surface area contributed by atoms with Crippen LogP contribution in [0.15, 0.2) is 0 Å². The van der Waals surface area contributed by atoms with Gasteiger partial charge < -0.3 is 7.41 Å². The molecular formula is C22H36Al2BF5O2. The van der Waals surface area contributed by atoms with Crippen LogP contribution in [0.25, 0.3) is 0 Å². The smallest absolute Gasteiger partial charge is 0.447 e. The van der Waals surface area contributed by atoms with Crippen LogP contribution in [-0.2, 0) is 7.41 Å². The summed E-state index contributed by atoms with van der Waals surface area (Å²) in [7, 11) is -1.58. The maximum absolute atomic E-state index is 14.8. The van der Waals surface area contributed by atoms with Crippen molar-refractivity contribution in [1.82, 2.24) is 0 Å². The zero-order chi connectivity index (χ0) is 24.7. The molecule has 0 heterocycles. The highest BCUT2D eigenvalue weighted by molar-refractivity contribution is 6.76. The molecule has 0 amide bonds. The van der Waals surface area contributed by atoms with E-state index in [0.717, 1.165) is 0 Å². The van der Waals surface area contributed by atoms with Crippen molar-refractivity contribution in [3.63, 3.8) is 0 Å². The van der Waals surface area contributed by atoms with Crippen molar-refractivity contribution < 1.29 is 29.4 Å². The van der Waals surface area contributed by atoms with E-state index in [-0.39, 0.29) is 23.7 Å². The molecule has 0 aliphatic carbocycles. The third-order valence-corrected chi connectivity index (χ3v) is 12.2. The van der Waals surface area contributed by atoms with E-state index in [1.54, 1.807) is 0 Å². The van der Waals surface area contributed by atoms with Gasteiger partial charge in [-0.05, 0) is 0 Å². The third kappa shape index (κ3) is 9.28. The zero-order valence-electron chi connectivity index (χ0n) is 20.6. The average molecular weight is 492 g/mol. The second-order valence-corrected chi connectivity index (χ2v) is 15.3. The fourth-order valence-electron chi connectivity index (χ4n) is 3.86. The lowest BCUT2D eigenvalue weighted by atomic mass is 9.79. The van der Waals surface area contributed by atoms with Gasteiger partial charge in [-0.15, -0.1) is 0 Å². The predicted molar refractivity (Wildman–Crippen MR) is 124 cm³/mol. The fraction of sp³-hybridized carbons (Fsp3) is 0.727. The van der Waals surface area contributed by atoms with Gasteiger partial charge in [0.2, 0.25) is 0 Å². The molecule has 0 aromatic heterocycles. The van der Waals surface area contributed by atoms with Crippen LogP contribution >= 0.6 is 0 Å². The Morgan fingerprint density at radius 2 is 0.781 bits per heavy atom. The van der Waals surface area contributed by atoms with Gasteiger partial charge in [-0.1, -0.05) is 100 Å². The largest absolute Gasteiger partial charge is 0.541 e. The molecule has 1 aromatic carbocycles. The van der Waals surface area contributed by atoms with Crippen molar-refractivity contribution in [3.05, 3.63) is 29.1 Å². The molecule has 32 heavy (non-hydrogen) atoms. The van der Waals surface area contributed by atoms with E-state index in [1.807, 2.05) is 55.4 Å². The van der Waals surface area contributed by atoms with E-state index >= 15 is 0 Å². The van der Waals surface area contributed by atoms with Crippen LogP contribution in [0.1, 0.15) is 55.4 Å². The Balaban J connectivity index is 3.49. The van der Waals surface area contributed by atoms with Crippen LogP contribution in [0.4, 0.5) is 22.0 Å². The van der Waals surface area contributed by atoms with Crippen LogP contribution in [0.5, 0.6) is 0 Å².